The normalized spacial score (nSPS) is 9.08. The van der Waals surface area contributed by atoms with Crippen molar-refractivity contribution < 1.29 is 0 Å². The molecule has 1 aromatic rings. The van der Waals surface area contributed by atoms with E-state index in [9.17, 15) is 0 Å². The van der Waals surface area contributed by atoms with Crippen molar-refractivity contribution in [1.82, 2.24) is 0 Å². The fourth-order valence-electron chi connectivity index (χ4n) is 0.975. The van der Waals surface area contributed by atoms with Crippen LogP contribution in [0.15, 0.2) is 24.3 Å². The highest BCUT2D eigenvalue weighted by molar-refractivity contribution is 5.97. The van der Waals surface area contributed by atoms with E-state index >= 15 is 0 Å². The number of anilines is 1. The van der Waals surface area contributed by atoms with Crippen LogP contribution in [0.4, 0.5) is 5.69 Å². The van der Waals surface area contributed by atoms with Gasteiger partial charge in [-0.15, -0.1) is 0 Å². The predicted molar refractivity (Wildman–Crippen MR) is 51.2 cm³/mol. The first-order valence-electron chi connectivity index (χ1n) is 3.64. The smallest absolute Gasteiger partial charge is 0.0915 e. The summed E-state index contributed by atoms with van der Waals surface area (Å²) >= 11 is 0. The lowest BCUT2D eigenvalue weighted by molar-refractivity contribution is 1.36. The number of hydrogen-bond donors (Lipinski definition) is 2. The van der Waals surface area contributed by atoms with E-state index in [1.54, 1.807) is 0 Å². The summed E-state index contributed by atoms with van der Waals surface area (Å²) in [6.45, 7) is 1.98. The Labute approximate surface area is 71.7 Å². The first-order chi connectivity index (χ1) is 5.77. The summed E-state index contributed by atoms with van der Waals surface area (Å²) in [4.78, 5) is 1.44. The van der Waals surface area contributed by atoms with E-state index in [0.29, 0.717) is 0 Å². The molecule has 1 aromatic carbocycles. The minimum atomic E-state index is 0.847. The Morgan fingerprint density at radius 2 is 1.92 bits per heavy atom. The Kier molecular flexibility index (Phi) is 2.58. The van der Waals surface area contributed by atoms with Crippen LogP contribution in [-0.4, -0.2) is 12.7 Å². The minimum absolute atomic E-state index is 0.847. The minimum Gasteiger partial charge on any atom is -0.292 e. The molecule has 1 rings (SSSR count). The molecule has 0 bridgehead atoms. The summed E-state index contributed by atoms with van der Waals surface area (Å²) in [6, 6.07) is 7.68. The van der Waals surface area contributed by atoms with Gasteiger partial charge in [0.15, 0.2) is 0 Å². The van der Waals surface area contributed by atoms with E-state index in [1.165, 1.54) is 4.90 Å². The van der Waals surface area contributed by atoms with E-state index in [2.05, 4.69) is 0 Å². The number of aryl methyl sites for hydroxylation is 1. The van der Waals surface area contributed by atoms with Gasteiger partial charge in [-0.25, -0.2) is 0 Å². The van der Waals surface area contributed by atoms with Gasteiger partial charge in [-0.3, -0.25) is 15.7 Å². The summed E-state index contributed by atoms with van der Waals surface area (Å²) in [7, 11) is 0. The molecule has 0 heterocycles. The Bertz CT molecular complexity index is 286. The van der Waals surface area contributed by atoms with Gasteiger partial charge in [-0.2, -0.15) is 0 Å². The Balaban J connectivity index is 3.00. The fraction of sp³-hybridized carbons (Fsp3) is 0.111. The molecular formula is C9H11N3. The predicted octanol–water partition coefficient (Wildman–Crippen LogP) is 2.02. The zero-order valence-electron chi connectivity index (χ0n) is 6.91. The van der Waals surface area contributed by atoms with Gasteiger partial charge < -0.3 is 0 Å². The molecule has 0 atom stereocenters. The van der Waals surface area contributed by atoms with Crippen molar-refractivity contribution in [3.63, 3.8) is 0 Å². The molecule has 3 heteroatoms. The second kappa shape index (κ2) is 3.67. The van der Waals surface area contributed by atoms with E-state index in [-0.39, 0.29) is 0 Å². The van der Waals surface area contributed by atoms with Gasteiger partial charge in [-0.05, 0) is 24.6 Å². The monoisotopic (exact) mass is 161 g/mol. The average molecular weight is 161 g/mol. The Morgan fingerprint density at radius 3 is 2.42 bits per heavy atom. The van der Waals surface area contributed by atoms with E-state index < -0.39 is 0 Å². The highest BCUT2D eigenvalue weighted by atomic mass is 15.1. The van der Waals surface area contributed by atoms with Crippen molar-refractivity contribution >= 4 is 18.4 Å². The first-order valence-corrected chi connectivity index (χ1v) is 3.64. The summed E-state index contributed by atoms with van der Waals surface area (Å²) in [6.07, 6.45) is 2.23. The zero-order chi connectivity index (χ0) is 8.97. The van der Waals surface area contributed by atoms with Crippen molar-refractivity contribution in [2.45, 2.75) is 6.92 Å². The van der Waals surface area contributed by atoms with Crippen molar-refractivity contribution in [2.24, 2.45) is 0 Å². The summed E-state index contributed by atoms with van der Waals surface area (Å²) in [5.41, 5.74) is 1.97. The molecule has 0 spiro atoms. The van der Waals surface area contributed by atoms with Crippen LogP contribution >= 0.6 is 0 Å². The molecule has 0 saturated carbocycles. The maximum absolute atomic E-state index is 7.02. The van der Waals surface area contributed by atoms with E-state index in [0.717, 1.165) is 23.9 Å². The second-order valence-electron chi connectivity index (χ2n) is 2.50. The van der Waals surface area contributed by atoms with Gasteiger partial charge in [0.2, 0.25) is 0 Å². The average Bonchev–Trinajstić information content (AvgIpc) is 2.07. The van der Waals surface area contributed by atoms with E-state index in [4.69, 9.17) is 10.8 Å². The maximum atomic E-state index is 7.02. The first kappa shape index (κ1) is 8.46. The number of nitrogens with one attached hydrogen (secondary N) is 2. The third-order valence-electron chi connectivity index (χ3n) is 1.58. The molecule has 0 fully saturated rings. The molecule has 0 aliphatic carbocycles. The Hall–Kier alpha value is -1.64. The standard InChI is InChI=1S/C9H11N3/c1-8-3-2-4-9(5-8)12(6-10)7-11/h2-7,10-11H,1H3. The van der Waals surface area contributed by atoms with Gasteiger partial charge in [0.05, 0.1) is 12.7 Å². The lowest BCUT2D eigenvalue weighted by atomic mass is 10.2. The van der Waals surface area contributed by atoms with Crippen LogP contribution in [0.1, 0.15) is 5.56 Å². The molecular weight excluding hydrogens is 150 g/mol. The van der Waals surface area contributed by atoms with Crippen LogP contribution in [0.2, 0.25) is 0 Å². The molecule has 0 aliphatic rings. The number of hydrogen-bond acceptors (Lipinski definition) is 2. The molecule has 2 N–H and O–H groups in total. The fourth-order valence-corrected chi connectivity index (χ4v) is 0.975. The number of benzene rings is 1. The third-order valence-corrected chi connectivity index (χ3v) is 1.58. The van der Waals surface area contributed by atoms with Gasteiger partial charge in [0.1, 0.15) is 0 Å². The zero-order valence-corrected chi connectivity index (χ0v) is 6.91. The molecule has 3 nitrogen and oxygen atoms in total. The topological polar surface area (TPSA) is 50.9 Å². The van der Waals surface area contributed by atoms with Crippen LogP contribution in [-0.2, 0) is 0 Å². The third kappa shape index (κ3) is 1.69. The van der Waals surface area contributed by atoms with Crippen LogP contribution in [0, 0.1) is 17.7 Å². The lowest BCUT2D eigenvalue weighted by Gasteiger charge is -2.11. The maximum Gasteiger partial charge on any atom is 0.0915 e. The number of nitrogens with zero attached hydrogens (tertiary/aromatic N) is 1. The molecule has 0 unspecified atom stereocenters. The second-order valence-corrected chi connectivity index (χ2v) is 2.50. The SMILES string of the molecule is Cc1cccc(N(C=N)C=N)c1. The highest BCUT2D eigenvalue weighted by Crippen LogP contribution is 2.12. The van der Waals surface area contributed by atoms with Gasteiger partial charge in [0.25, 0.3) is 0 Å². The molecule has 0 radical (unpaired) electrons. The largest absolute Gasteiger partial charge is 0.292 e. The van der Waals surface area contributed by atoms with Crippen LogP contribution in [0.25, 0.3) is 0 Å². The highest BCUT2D eigenvalue weighted by Gasteiger charge is 1.97. The van der Waals surface area contributed by atoms with E-state index in [1.807, 2.05) is 31.2 Å². The quantitative estimate of drug-likeness (QED) is 0.517. The van der Waals surface area contributed by atoms with Gasteiger partial charge >= 0.3 is 0 Å². The van der Waals surface area contributed by atoms with Crippen molar-refractivity contribution in [1.29, 1.82) is 10.8 Å². The summed E-state index contributed by atoms with van der Waals surface area (Å²) in [5.74, 6) is 0. The molecule has 0 saturated heterocycles. The number of rotatable bonds is 3. The van der Waals surface area contributed by atoms with Crippen LogP contribution in [0.3, 0.4) is 0 Å². The van der Waals surface area contributed by atoms with Gasteiger partial charge in [-0.1, -0.05) is 12.1 Å². The molecule has 62 valence electrons. The van der Waals surface area contributed by atoms with Crippen LogP contribution in [0.5, 0.6) is 0 Å². The van der Waals surface area contributed by atoms with Crippen LogP contribution < -0.4 is 4.90 Å². The molecule has 0 aliphatic heterocycles. The Morgan fingerprint density at radius 1 is 1.25 bits per heavy atom. The van der Waals surface area contributed by atoms with Crippen molar-refractivity contribution in [2.75, 3.05) is 4.90 Å². The van der Waals surface area contributed by atoms with Crippen molar-refractivity contribution in [3.8, 4) is 0 Å². The van der Waals surface area contributed by atoms with Crippen molar-refractivity contribution in [3.05, 3.63) is 29.8 Å². The van der Waals surface area contributed by atoms with Gasteiger partial charge in [0, 0.05) is 5.69 Å². The molecule has 12 heavy (non-hydrogen) atoms. The lowest BCUT2D eigenvalue weighted by Crippen LogP contribution is -2.17. The summed E-state index contributed by atoms with van der Waals surface area (Å²) < 4.78 is 0. The molecule has 0 amide bonds. The summed E-state index contributed by atoms with van der Waals surface area (Å²) in [5, 5.41) is 14.0. The molecule has 0 aromatic heterocycles.